The van der Waals surface area contributed by atoms with Crippen LogP contribution >= 0.6 is 11.6 Å². The summed E-state index contributed by atoms with van der Waals surface area (Å²) in [6.45, 7) is 13.5. The van der Waals surface area contributed by atoms with Gasteiger partial charge in [0.05, 0.1) is 12.2 Å². The summed E-state index contributed by atoms with van der Waals surface area (Å²) in [5, 5.41) is 8.96. The van der Waals surface area contributed by atoms with Gasteiger partial charge < -0.3 is 5.32 Å². The summed E-state index contributed by atoms with van der Waals surface area (Å²) in [6.07, 6.45) is 3.48. The molecule has 1 aliphatic carbocycles. The molecular formula is C29H36ClN3O. The molecule has 0 spiro atoms. The molecule has 0 bridgehead atoms. The van der Waals surface area contributed by atoms with Crippen molar-refractivity contribution in [3.63, 3.8) is 0 Å². The molecule has 0 radical (unpaired) electrons. The summed E-state index contributed by atoms with van der Waals surface area (Å²) in [6, 6.07) is 14.6. The van der Waals surface area contributed by atoms with Crippen LogP contribution in [-0.2, 0) is 6.54 Å². The summed E-state index contributed by atoms with van der Waals surface area (Å²) >= 11 is 6.31. The number of nitrogens with zero attached hydrogens (tertiary/aromatic N) is 2. The van der Waals surface area contributed by atoms with E-state index in [0.717, 1.165) is 45.8 Å². The first-order valence-electron chi connectivity index (χ1n) is 12.3. The van der Waals surface area contributed by atoms with E-state index in [1.54, 1.807) is 0 Å². The Hall–Kier alpha value is -2.59. The van der Waals surface area contributed by atoms with E-state index in [1.165, 1.54) is 12.0 Å². The van der Waals surface area contributed by atoms with Crippen molar-refractivity contribution in [2.75, 3.05) is 0 Å². The smallest absolute Gasteiger partial charge is 0.272 e. The van der Waals surface area contributed by atoms with E-state index in [-0.39, 0.29) is 17.4 Å². The molecule has 0 aliphatic heterocycles. The number of benzene rings is 2. The van der Waals surface area contributed by atoms with Gasteiger partial charge in [-0.1, -0.05) is 74.7 Å². The monoisotopic (exact) mass is 477 g/mol. The second kappa shape index (κ2) is 9.58. The molecule has 1 saturated carbocycles. The predicted molar refractivity (Wildman–Crippen MR) is 140 cm³/mol. The largest absolute Gasteiger partial charge is 0.347 e. The Bertz CT molecular complexity index is 1190. The number of aromatic nitrogens is 2. The van der Waals surface area contributed by atoms with Gasteiger partial charge in [-0.05, 0) is 68.2 Å². The van der Waals surface area contributed by atoms with Crippen molar-refractivity contribution in [2.24, 2.45) is 11.3 Å². The summed E-state index contributed by atoms with van der Waals surface area (Å²) in [5.41, 5.74) is 6.82. The Morgan fingerprint density at radius 3 is 2.50 bits per heavy atom. The fourth-order valence-electron chi connectivity index (χ4n) is 5.42. The van der Waals surface area contributed by atoms with Gasteiger partial charge in [0.15, 0.2) is 5.69 Å². The minimum absolute atomic E-state index is 0.0712. The second-order valence-corrected chi connectivity index (χ2v) is 11.1. The average Bonchev–Trinajstić information content (AvgIpc) is 3.10. The third-order valence-electron chi connectivity index (χ3n) is 7.47. The van der Waals surface area contributed by atoms with Crippen LogP contribution in [0.3, 0.4) is 0 Å². The van der Waals surface area contributed by atoms with Crippen LogP contribution in [0, 0.1) is 32.1 Å². The molecule has 2 atom stereocenters. The Morgan fingerprint density at radius 2 is 1.85 bits per heavy atom. The summed E-state index contributed by atoms with van der Waals surface area (Å²) in [5.74, 6) is 0.361. The number of nitrogens with one attached hydrogen (secondary N) is 1. The quantitative estimate of drug-likeness (QED) is 0.425. The number of amides is 1. The Morgan fingerprint density at radius 1 is 1.15 bits per heavy atom. The Labute approximate surface area is 208 Å². The lowest BCUT2D eigenvalue weighted by Gasteiger charge is -2.43. The van der Waals surface area contributed by atoms with Crippen LogP contribution in [0.15, 0.2) is 42.5 Å². The maximum atomic E-state index is 13.6. The van der Waals surface area contributed by atoms with Gasteiger partial charge >= 0.3 is 0 Å². The topological polar surface area (TPSA) is 46.9 Å². The minimum atomic E-state index is -0.0843. The lowest BCUT2D eigenvalue weighted by molar-refractivity contribution is 0.0758. The lowest BCUT2D eigenvalue weighted by Crippen LogP contribution is -2.51. The van der Waals surface area contributed by atoms with Gasteiger partial charge in [-0.3, -0.25) is 9.48 Å². The number of rotatable bonds is 5. The van der Waals surface area contributed by atoms with Gasteiger partial charge in [-0.15, -0.1) is 0 Å². The molecule has 1 amide bonds. The van der Waals surface area contributed by atoms with Gasteiger partial charge in [-0.25, -0.2) is 0 Å². The van der Waals surface area contributed by atoms with Crippen molar-refractivity contribution >= 4 is 17.5 Å². The first-order chi connectivity index (χ1) is 16.1. The highest BCUT2D eigenvalue weighted by Crippen LogP contribution is 2.39. The number of hydrogen-bond donors (Lipinski definition) is 1. The highest BCUT2D eigenvalue weighted by atomic mass is 35.5. The summed E-state index contributed by atoms with van der Waals surface area (Å²) in [4.78, 5) is 13.6. The van der Waals surface area contributed by atoms with E-state index in [9.17, 15) is 4.79 Å². The molecule has 180 valence electrons. The van der Waals surface area contributed by atoms with Gasteiger partial charge in [0.1, 0.15) is 0 Å². The second-order valence-electron chi connectivity index (χ2n) is 10.7. The van der Waals surface area contributed by atoms with E-state index in [2.05, 4.69) is 63.3 Å². The first-order valence-corrected chi connectivity index (χ1v) is 12.6. The molecule has 4 nitrogen and oxygen atoms in total. The maximum absolute atomic E-state index is 13.6. The highest BCUT2D eigenvalue weighted by Gasteiger charge is 2.38. The van der Waals surface area contributed by atoms with Crippen LogP contribution in [0.25, 0.3) is 11.3 Å². The maximum Gasteiger partial charge on any atom is 0.272 e. The molecule has 3 aromatic rings. The summed E-state index contributed by atoms with van der Waals surface area (Å²) in [7, 11) is 0. The Kier molecular flexibility index (Phi) is 6.91. The molecular weight excluding hydrogens is 442 g/mol. The number of hydrogen-bond acceptors (Lipinski definition) is 2. The SMILES string of the molecule is Cc1ccc(Cn2nc(C(=O)NC3C(C)CCCC3(C)C)c(C)c2-c2ccc(Cl)c(C)c2)cc1. The molecule has 0 saturated heterocycles. The predicted octanol–water partition coefficient (Wildman–Crippen LogP) is 7.12. The van der Waals surface area contributed by atoms with Crippen molar-refractivity contribution in [2.45, 2.75) is 73.4 Å². The van der Waals surface area contributed by atoms with E-state index in [0.29, 0.717) is 18.2 Å². The van der Waals surface area contributed by atoms with Crippen molar-refractivity contribution in [1.82, 2.24) is 15.1 Å². The van der Waals surface area contributed by atoms with E-state index in [4.69, 9.17) is 16.7 Å². The standard InChI is InChI=1S/C29H36ClN3O/c1-18-9-11-22(12-10-18)17-33-26(23-13-14-24(30)20(3)16-23)21(4)25(32-33)28(34)31-27-19(2)8-7-15-29(27,5)6/h9-14,16,19,27H,7-8,15,17H2,1-6H3,(H,31,34). The van der Waals surface area contributed by atoms with E-state index < -0.39 is 0 Å². The third-order valence-corrected chi connectivity index (χ3v) is 7.89. The van der Waals surface area contributed by atoms with E-state index in [1.807, 2.05) is 30.7 Å². The zero-order valence-electron chi connectivity index (χ0n) is 21.2. The fourth-order valence-corrected chi connectivity index (χ4v) is 5.54. The molecule has 5 heteroatoms. The average molecular weight is 478 g/mol. The van der Waals surface area contributed by atoms with Crippen molar-refractivity contribution < 1.29 is 4.79 Å². The fraction of sp³-hybridized carbons (Fsp3) is 0.448. The minimum Gasteiger partial charge on any atom is -0.347 e. The number of carbonyl (C=O) groups is 1. The molecule has 34 heavy (non-hydrogen) atoms. The first kappa shape index (κ1) is 24.5. The van der Waals surface area contributed by atoms with Crippen LogP contribution in [0.1, 0.15) is 72.8 Å². The van der Waals surface area contributed by atoms with Gasteiger partial charge in [0.2, 0.25) is 0 Å². The number of aryl methyl sites for hydroxylation is 2. The normalized spacial score (nSPS) is 19.7. The van der Waals surface area contributed by atoms with Crippen LogP contribution < -0.4 is 5.32 Å². The third kappa shape index (κ3) is 4.93. The summed E-state index contributed by atoms with van der Waals surface area (Å²) < 4.78 is 1.97. The molecule has 2 unspecified atom stereocenters. The molecule has 1 aromatic heterocycles. The van der Waals surface area contributed by atoms with Gasteiger partial charge in [0, 0.05) is 22.2 Å². The van der Waals surface area contributed by atoms with Crippen LogP contribution in [0.5, 0.6) is 0 Å². The van der Waals surface area contributed by atoms with Crippen LogP contribution in [0.4, 0.5) is 0 Å². The lowest BCUT2D eigenvalue weighted by atomic mass is 9.68. The molecule has 4 rings (SSSR count). The molecule has 1 N–H and O–H groups in total. The molecule has 1 aliphatic rings. The number of carbonyl (C=O) groups excluding carboxylic acids is 1. The van der Waals surface area contributed by atoms with Crippen LogP contribution in [-0.4, -0.2) is 21.7 Å². The zero-order valence-corrected chi connectivity index (χ0v) is 22.0. The molecule has 1 heterocycles. The van der Waals surface area contributed by atoms with Crippen LogP contribution in [0.2, 0.25) is 5.02 Å². The van der Waals surface area contributed by atoms with Crippen molar-refractivity contribution in [3.05, 3.63) is 75.4 Å². The number of halogens is 1. The molecule has 1 fully saturated rings. The van der Waals surface area contributed by atoms with E-state index >= 15 is 0 Å². The van der Waals surface area contributed by atoms with Crippen molar-refractivity contribution in [1.29, 1.82) is 0 Å². The zero-order chi connectivity index (χ0) is 24.6. The molecule has 2 aromatic carbocycles. The Balaban J connectivity index is 1.74. The highest BCUT2D eigenvalue weighted by molar-refractivity contribution is 6.31. The van der Waals surface area contributed by atoms with Crippen molar-refractivity contribution in [3.8, 4) is 11.3 Å². The van der Waals surface area contributed by atoms with Gasteiger partial charge in [-0.2, -0.15) is 5.10 Å². The van der Waals surface area contributed by atoms with Gasteiger partial charge in [0.25, 0.3) is 5.91 Å².